The summed E-state index contributed by atoms with van der Waals surface area (Å²) in [5.41, 5.74) is 1.88. The molecule has 4 heteroatoms. The summed E-state index contributed by atoms with van der Waals surface area (Å²) in [7, 11) is 0. The number of nitrogens with one attached hydrogen (secondary N) is 1. The van der Waals surface area contributed by atoms with E-state index in [4.69, 9.17) is 0 Å². The van der Waals surface area contributed by atoms with Crippen LogP contribution in [-0.2, 0) is 4.79 Å². The van der Waals surface area contributed by atoms with Gasteiger partial charge in [-0.2, -0.15) is 5.10 Å². The first-order chi connectivity index (χ1) is 7.86. The molecule has 2 aliphatic heterocycles. The molecular weight excluding hydrogens is 202 g/mol. The number of carbonyl (C=O) groups excluding carboxylic acids is 1. The van der Waals surface area contributed by atoms with Gasteiger partial charge < -0.3 is 5.32 Å². The van der Waals surface area contributed by atoms with E-state index < -0.39 is 0 Å². The summed E-state index contributed by atoms with van der Waals surface area (Å²) in [4.78, 5) is 12.1. The molecule has 3 rings (SSSR count). The van der Waals surface area contributed by atoms with Crippen molar-refractivity contribution in [3.63, 3.8) is 0 Å². The van der Waals surface area contributed by atoms with Crippen molar-refractivity contribution < 1.29 is 4.79 Å². The van der Waals surface area contributed by atoms with Gasteiger partial charge in [0.05, 0.1) is 17.3 Å². The van der Waals surface area contributed by atoms with Crippen LogP contribution >= 0.6 is 0 Å². The summed E-state index contributed by atoms with van der Waals surface area (Å²) in [5.74, 6) is 0.0438. The van der Waals surface area contributed by atoms with Gasteiger partial charge in [-0.05, 0) is 12.1 Å². The quantitative estimate of drug-likeness (QED) is 0.759. The standard InChI is InChI=1S/C12H13N3O/c16-12-10-8-13-7-6-11(10)14-15(12)9-4-2-1-3-5-9/h1-5,10,13H,6-8H2/t10-/m1/s1. The summed E-state index contributed by atoms with van der Waals surface area (Å²) < 4.78 is 0. The van der Waals surface area contributed by atoms with Gasteiger partial charge in [-0.15, -0.1) is 0 Å². The Bertz CT molecular complexity index is 441. The summed E-state index contributed by atoms with van der Waals surface area (Å²) in [6.07, 6.45) is 0.875. The lowest BCUT2D eigenvalue weighted by atomic mass is 9.97. The fourth-order valence-corrected chi connectivity index (χ4v) is 2.18. The number of hydrazone groups is 1. The van der Waals surface area contributed by atoms with Crippen molar-refractivity contribution >= 4 is 17.3 Å². The summed E-state index contributed by atoms with van der Waals surface area (Å²) in [5, 5.41) is 9.19. The number of amides is 1. The Morgan fingerprint density at radius 2 is 2.12 bits per heavy atom. The third-order valence-electron chi connectivity index (χ3n) is 3.04. The molecule has 0 radical (unpaired) electrons. The Labute approximate surface area is 93.9 Å². The Morgan fingerprint density at radius 3 is 2.88 bits per heavy atom. The highest BCUT2D eigenvalue weighted by molar-refractivity contribution is 6.16. The van der Waals surface area contributed by atoms with Crippen LogP contribution in [-0.4, -0.2) is 24.7 Å². The Morgan fingerprint density at radius 1 is 1.31 bits per heavy atom. The maximum absolute atomic E-state index is 12.1. The summed E-state index contributed by atoms with van der Waals surface area (Å²) in [6, 6.07) is 9.59. The van der Waals surface area contributed by atoms with Crippen LogP contribution in [0.15, 0.2) is 35.4 Å². The zero-order valence-corrected chi connectivity index (χ0v) is 8.89. The maximum atomic E-state index is 12.1. The Hall–Kier alpha value is -1.68. The summed E-state index contributed by atoms with van der Waals surface area (Å²) >= 11 is 0. The highest BCUT2D eigenvalue weighted by atomic mass is 16.2. The maximum Gasteiger partial charge on any atom is 0.257 e. The molecule has 1 amide bonds. The van der Waals surface area contributed by atoms with Crippen molar-refractivity contribution in [2.24, 2.45) is 11.0 Å². The number of rotatable bonds is 1. The molecule has 0 saturated carbocycles. The SMILES string of the molecule is O=C1[C@@H]2CNCCC2=NN1c1ccccc1. The molecule has 1 saturated heterocycles. The molecule has 0 aliphatic carbocycles. The van der Waals surface area contributed by atoms with E-state index in [-0.39, 0.29) is 11.8 Å². The van der Waals surface area contributed by atoms with Crippen LogP contribution in [0.3, 0.4) is 0 Å². The van der Waals surface area contributed by atoms with Gasteiger partial charge in [0.1, 0.15) is 0 Å². The van der Waals surface area contributed by atoms with E-state index in [1.54, 1.807) is 0 Å². The molecule has 82 valence electrons. The van der Waals surface area contributed by atoms with Gasteiger partial charge in [0.25, 0.3) is 5.91 Å². The van der Waals surface area contributed by atoms with Crippen molar-refractivity contribution in [3.05, 3.63) is 30.3 Å². The topological polar surface area (TPSA) is 44.7 Å². The number of anilines is 1. The number of para-hydroxylation sites is 1. The van der Waals surface area contributed by atoms with Gasteiger partial charge in [0.2, 0.25) is 0 Å². The van der Waals surface area contributed by atoms with Crippen LogP contribution in [0.25, 0.3) is 0 Å². The van der Waals surface area contributed by atoms with Gasteiger partial charge in [-0.3, -0.25) is 4.79 Å². The molecule has 16 heavy (non-hydrogen) atoms. The van der Waals surface area contributed by atoms with Crippen molar-refractivity contribution in [2.75, 3.05) is 18.1 Å². The van der Waals surface area contributed by atoms with Crippen LogP contribution in [0, 0.1) is 5.92 Å². The number of carbonyl (C=O) groups is 1. The highest BCUT2D eigenvalue weighted by Crippen LogP contribution is 2.25. The van der Waals surface area contributed by atoms with E-state index >= 15 is 0 Å². The molecule has 1 N–H and O–H groups in total. The number of hydrogen-bond donors (Lipinski definition) is 1. The zero-order valence-electron chi connectivity index (χ0n) is 8.89. The fraction of sp³-hybridized carbons (Fsp3) is 0.333. The second kappa shape index (κ2) is 3.72. The predicted octanol–water partition coefficient (Wildman–Crippen LogP) is 0.999. The second-order valence-electron chi connectivity index (χ2n) is 4.08. The monoisotopic (exact) mass is 215 g/mol. The van der Waals surface area contributed by atoms with E-state index in [1.807, 2.05) is 30.3 Å². The zero-order chi connectivity index (χ0) is 11.0. The molecule has 0 aromatic heterocycles. The molecule has 1 aromatic rings. The number of fused-ring (bicyclic) bond motifs is 1. The molecule has 0 unspecified atom stereocenters. The van der Waals surface area contributed by atoms with Gasteiger partial charge in [-0.1, -0.05) is 18.2 Å². The van der Waals surface area contributed by atoms with Crippen LogP contribution in [0.4, 0.5) is 5.69 Å². The molecular formula is C12H13N3O. The average Bonchev–Trinajstić information content (AvgIpc) is 2.69. The molecule has 2 heterocycles. The first kappa shape index (κ1) is 9.54. The van der Waals surface area contributed by atoms with Crippen molar-refractivity contribution in [2.45, 2.75) is 6.42 Å². The third-order valence-corrected chi connectivity index (χ3v) is 3.04. The van der Waals surface area contributed by atoms with E-state index in [0.717, 1.165) is 30.9 Å². The van der Waals surface area contributed by atoms with Crippen molar-refractivity contribution in [1.29, 1.82) is 0 Å². The second-order valence-corrected chi connectivity index (χ2v) is 4.08. The van der Waals surface area contributed by atoms with Crippen molar-refractivity contribution in [1.82, 2.24) is 5.32 Å². The van der Waals surface area contributed by atoms with E-state index in [0.29, 0.717) is 0 Å². The molecule has 1 fully saturated rings. The van der Waals surface area contributed by atoms with Crippen LogP contribution in [0.1, 0.15) is 6.42 Å². The Kier molecular flexibility index (Phi) is 2.22. The highest BCUT2D eigenvalue weighted by Gasteiger charge is 2.37. The molecule has 2 aliphatic rings. The van der Waals surface area contributed by atoms with Crippen LogP contribution < -0.4 is 10.3 Å². The number of piperidine rings is 1. The fourth-order valence-electron chi connectivity index (χ4n) is 2.18. The molecule has 1 aromatic carbocycles. The number of benzene rings is 1. The minimum absolute atomic E-state index is 0.0473. The molecule has 0 spiro atoms. The third kappa shape index (κ3) is 1.42. The molecule has 1 atom stereocenters. The first-order valence-corrected chi connectivity index (χ1v) is 5.53. The minimum atomic E-state index is -0.0473. The van der Waals surface area contributed by atoms with Gasteiger partial charge in [0, 0.05) is 19.5 Å². The number of hydrogen-bond acceptors (Lipinski definition) is 3. The normalized spacial score (nSPS) is 24.2. The number of nitrogens with zero attached hydrogens (tertiary/aromatic N) is 2. The van der Waals surface area contributed by atoms with Gasteiger partial charge in [-0.25, -0.2) is 5.01 Å². The average molecular weight is 215 g/mol. The first-order valence-electron chi connectivity index (χ1n) is 5.53. The molecule has 0 bridgehead atoms. The lowest BCUT2D eigenvalue weighted by molar-refractivity contribution is -0.119. The minimum Gasteiger partial charge on any atom is -0.315 e. The smallest absolute Gasteiger partial charge is 0.257 e. The van der Waals surface area contributed by atoms with E-state index in [9.17, 15) is 4.79 Å². The summed E-state index contributed by atoms with van der Waals surface area (Å²) in [6.45, 7) is 1.65. The van der Waals surface area contributed by atoms with Crippen molar-refractivity contribution in [3.8, 4) is 0 Å². The van der Waals surface area contributed by atoms with Gasteiger partial charge in [0.15, 0.2) is 0 Å². The van der Waals surface area contributed by atoms with Gasteiger partial charge >= 0.3 is 0 Å². The predicted molar refractivity (Wildman–Crippen MR) is 62.3 cm³/mol. The van der Waals surface area contributed by atoms with Crippen LogP contribution in [0.5, 0.6) is 0 Å². The van der Waals surface area contributed by atoms with E-state index in [2.05, 4.69) is 10.4 Å². The van der Waals surface area contributed by atoms with Crippen LogP contribution in [0.2, 0.25) is 0 Å². The largest absolute Gasteiger partial charge is 0.315 e. The lowest BCUT2D eigenvalue weighted by Gasteiger charge is -2.18. The Balaban J connectivity index is 1.93. The lowest BCUT2D eigenvalue weighted by Crippen LogP contribution is -2.40. The van der Waals surface area contributed by atoms with E-state index in [1.165, 1.54) is 5.01 Å². The molecule has 4 nitrogen and oxygen atoms in total.